The summed E-state index contributed by atoms with van der Waals surface area (Å²) in [7, 11) is -3.53. The van der Waals surface area contributed by atoms with Gasteiger partial charge in [-0.05, 0) is 60.7 Å². The highest BCUT2D eigenvalue weighted by atomic mass is 79.9. The van der Waals surface area contributed by atoms with E-state index in [-0.39, 0.29) is 10.6 Å². The molecule has 138 valence electrons. The first-order chi connectivity index (χ1) is 12.9. The van der Waals surface area contributed by atoms with Crippen molar-refractivity contribution in [2.45, 2.75) is 4.90 Å². The predicted octanol–water partition coefficient (Wildman–Crippen LogP) is 5.83. The Balaban J connectivity index is 1.93. The summed E-state index contributed by atoms with van der Waals surface area (Å²) in [5, 5.41) is 3.13. The van der Waals surface area contributed by atoms with E-state index in [1.165, 1.54) is 0 Å². The zero-order chi connectivity index (χ0) is 19.3. The molecule has 0 aliphatic carbocycles. The van der Waals surface area contributed by atoms with Crippen LogP contribution in [0.2, 0.25) is 0 Å². The van der Waals surface area contributed by atoms with E-state index in [9.17, 15) is 8.42 Å². The Morgan fingerprint density at radius 2 is 1.37 bits per heavy atom. The zero-order valence-electron chi connectivity index (χ0n) is 14.1. The number of benzene rings is 3. The molecular weight excluding hydrogens is 492 g/mol. The summed E-state index contributed by atoms with van der Waals surface area (Å²) in [6, 6.07) is 23.2. The fraction of sp³-hybridized carbons (Fsp3) is 0.0500. The van der Waals surface area contributed by atoms with Crippen LogP contribution >= 0.6 is 31.9 Å². The Kier molecular flexibility index (Phi) is 6.46. The van der Waals surface area contributed by atoms with Gasteiger partial charge in [0.05, 0.1) is 10.6 Å². The van der Waals surface area contributed by atoms with Gasteiger partial charge in [-0.3, -0.25) is 0 Å². The first-order valence-corrected chi connectivity index (χ1v) is 11.3. The van der Waals surface area contributed by atoms with Gasteiger partial charge in [0.1, 0.15) is 11.6 Å². The summed E-state index contributed by atoms with van der Waals surface area (Å²) in [6.07, 6.45) is 0. The van der Waals surface area contributed by atoms with Crippen LogP contribution in [0.1, 0.15) is 0 Å². The van der Waals surface area contributed by atoms with Crippen LogP contribution in [-0.2, 0) is 9.84 Å². The maximum atomic E-state index is 12.8. The van der Waals surface area contributed by atoms with Crippen molar-refractivity contribution in [3.8, 4) is 0 Å². The first kappa shape index (κ1) is 19.8. The molecule has 3 aromatic rings. The molecule has 0 saturated carbocycles. The minimum absolute atomic E-state index is 0.233. The van der Waals surface area contributed by atoms with Crippen LogP contribution in [-0.4, -0.2) is 20.0 Å². The second kappa shape index (κ2) is 8.82. The number of rotatable bonds is 5. The number of nitrogens with zero attached hydrogens (tertiary/aromatic N) is 1. The molecule has 0 amide bonds. The maximum absolute atomic E-state index is 12.8. The molecule has 27 heavy (non-hydrogen) atoms. The lowest BCUT2D eigenvalue weighted by Gasteiger charge is -2.11. The summed E-state index contributed by atoms with van der Waals surface area (Å²) in [6.45, 7) is 0. The monoisotopic (exact) mass is 506 g/mol. The Labute approximate surface area is 175 Å². The van der Waals surface area contributed by atoms with E-state index < -0.39 is 9.84 Å². The normalized spacial score (nSPS) is 12.0. The number of hydrogen-bond acceptors (Lipinski definition) is 3. The fourth-order valence-electron chi connectivity index (χ4n) is 2.36. The Hall–Kier alpha value is -1.96. The molecule has 0 bridgehead atoms. The molecule has 0 fully saturated rings. The molecule has 0 spiro atoms. The average Bonchev–Trinajstić information content (AvgIpc) is 2.66. The van der Waals surface area contributed by atoms with E-state index in [2.05, 4.69) is 42.2 Å². The molecule has 0 heterocycles. The quantitative estimate of drug-likeness (QED) is 0.349. The molecule has 0 unspecified atom stereocenters. The third-order valence-electron chi connectivity index (χ3n) is 3.65. The minimum atomic E-state index is -3.53. The van der Waals surface area contributed by atoms with Crippen molar-refractivity contribution in [1.82, 2.24) is 0 Å². The highest BCUT2D eigenvalue weighted by molar-refractivity contribution is 9.10. The van der Waals surface area contributed by atoms with Gasteiger partial charge in [0.15, 0.2) is 9.84 Å². The van der Waals surface area contributed by atoms with Crippen molar-refractivity contribution in [3.63, 3.8) is 0 Å². The summed E-state index contributed by atoms with van der Waals surface area (Å²) in [5.74, 6) is 0.117. The van der Waals surface area contributed by atoms with Gasteiger partial charge in [-0.2, -0.15) is 0 Å². The molecule has 3 rings (SSSR count). The summed E-state index contributed by atoms with van der Waals surface area (Å²) in [4.78, 5) is 4.79. The SMILES string of the molecule is O=S(=O)(CC(=Nc1ccc(Br)cc1)Nc1ccc(Br)cc1)c1ccccc1. The second-order valence-electron chi connectivity index (χ2n) is 5.74. The number of anilines is 1. The smallest absolute Gasteiger partial charge is 0.185 e. The molecular formula is C20H16Br2N2O2S. The van der Waals surface area contributed by atoms with Crippen molar-refractivity contribution in [1.29, 1.82) is 0 Å². The van der Waals surface area contributed by atoms with E-state index in [0.717, 1.165) is 14.6 Å². The molecule has 0 atom stereocenters. The third-order valence-corrected chi connectivity index (χ3v) is 6.35. The van der Waals surface area contributed by atoms with Crippen LogP contribution < -0.4 is 5.32 Å². The van der Waals surface area contributed by atoms with E-state index in [4.69, 9.17) is 0 Å². The molecule has 0 aliphatic rings. The van der Waals surface area contributed by atoms with E-state index in [0.29, 0.717) is 11.5 Å². The van der Waals surface area contributed by atoms with Crippen LogP contribution in [0.25, 0.3) is 0 Å². The van der Waals surface area contributed by atoms with Gasteiger partial charge in [-0.15, -0.1) is 0 Å². The molecule has 7 heteroatoms. The van der Waals surface area contributed by atoms with Gasteiger partial charge < -0.3 is 5.32 Å². The van der Waals surface area contributed by atoms with Gasteiger partial charge in [-0.1, -0.05) is 50.1 Å². The lowest BCUT2D eigenvalue weighted by molar-refractivity contribution is 0.600. The zero-order valence-corrected chi connectivity index (χ0v) is 18.1. The van der Waals surface area contributed by atoms with Crippen LogP contribution in [0.3, 0.4) is 0 Å². The average molecular weight is 508 g/mol. The van der Waals surface area contributed by atoms with Crippen molar-refractivity contribution in [2.24, 2.45) is 4.99 Å². The molecule has 4 nitrogen and oxygen atoms in total. The Bertz CT molecular complexity index is 1030. The first-order valence-electron chi connectivity index (χ1n) is 8.06. The van der Waals surface area contributed by atoms with Crippen LogP contribution in [0, 0.1) is 0 Å². The number of hydrogen-bond donors (Lipinski definition) is 1. The standard InChI is InChI=1S/C20H16Br2N2O2S/c21-15-6-10-17(11-7-15)23-20(24-18-12-8-16(22)9-13-18)14-27(25,26)19-4-2-1-3-5-19/h1-13H,14H2,(H,23,24). The summed E-state index contributed by atoms with van der Waals surface area (Å²) >= 11 is 6.78. The Morgan fingerprint density at radius 3 is 1.96 bits per heavy atom. The number of sulfone groups is 1. The number of amidine groups is 1. The summed E-state index contributed by atoms with van der Waals surface area (Å²) in [5.41, 5.74) is 1.43. The van der Waals surface area contributed by atoms with Crippen LogP contribution in [0.5, 0.6) is 0 Å². The van der Waals surface area contributed by atoms with Crippen LogP contribution in [0.4, 0.5) is 11.4 Å². The van der Waals surface area contributed by atoms with Crippen molar-refractivity contribution in [3.05, 3.63) is 87.8 Å². The molecule has 0 aliphatic heterocycles. The van der Waals surface area contributed by atoms with Gasteiger partial charge >= 0.3 is 0 Å². The fourth-order valence-corrected chi connectivity index (χ4v) is 4.12. The highest BCUT2D eigenvalue weighted by Crippen LogP contribution is 2.20. The van der Waals surface area contributed by atoms with Gasteiger partial charge in [-0.25, -0.2) is 13.4 Å². The predicted molar refractivity (Wildman–Crippen MR) is 117 cm³/mol. The minimum Gasteiger partial charge on any atom is -0.343 e. The lowest BCUT2D eigenvalue weighted by Crippen LogP contribution is -2.23. The largest absolute Gasteiger partial charge is 0.343 e. The highest BCUT2D eigenvalue weighted by Gasteiger charge is 2.18. The third kappa shape index (κ3) is 5.76. The van der Waals surface area contributed by atoms with Crippen molar-refractivity contribution < 1.29 is 8.42 Å². The molecule has 1 N–H and O–H groups in total. The maximum Gasteiger partial charge on any atom is 0.185 e. The number of halogens is 2. The van der Waals surface area contributed by atoms with Crippen molar-refractivity contribution in [2.75, 3.05) is 11.1 Å². The number of aliphatic imine (C=N–C) groups is 1. The van der Waals surface area contributed by atoms with Crippen molar-refractivity contribution >= 4 is 58.9 Å². The van der Waals surface area contributed by atoms with Gasteiger partial charge in [0.2, 0.25) is 0 Å². The van der Waals surface area contributed by atoms with E-state index >= 15 is 0 Å². The molecule has 0 aromatic heterocycles. The lowest BCUT2D eigenvalue weighted by atomic mass is 10.3. The van der Waals surface area contributed by atoms with Crippen LogP contribution in [0.15, 0.2) is 97.7 Å². The summed E-state index contributed by atoms with van der Waals surface area (Å²) < 4.78 is 27.5. The molecule has 3 aromatic carbocycles. The number of nitrogens with one attached hydrogen (secondary N) is 1. The topological polar surface area (TPSA) is 58.5 Å². The van der Waals surface area contributed by atoms with Gasteiger partial charge in [0, 0.05) is 14.6 Å². The molecule has 0 saturated heterocycles. The molecule has 0 radical (unpaired) electrons. The van der Waals surface area contributed by atoms with E-state index in [1.807, 2.05) is 48.5 Å². The second-order valence-corrected chi connectivity index (χ2v) is 9.56. The van der Waals surface area contributed by atoms with Gasteiger partial charge in [0.25, 0.3) is 0 Å². The van der Waals surface area contributed by atoms with E-state index in [1.54, 1.807) is 30.3 Å². The Morgan fingerprint density at radius 1 is 0.815 bits per heavy atom.